The first-order valence-electron chi connectivity index (χ1n) is 6.73. The molecule has 1 N–H and O–H groups in total. The number of fused-ring (bicyclic) bond motifs is 1. The van der Waals surface area contributed by atoms with Gasteiger partial charge >= 0.3 is 0 Å². The summed E-state index contributed by atoms with van der Waals surface area (Å²) in [6, 6.07) is 5.34. The average Bonchev–Trinajstić information content (AvgIpc) is 2.48. The Bertz CT molecular complexity index is 635. The molecule has 6 nitrogen and oxygen atoms in total. The largest absolute Gasteiger partial charge is 0.492 e. The van der Waals surface area contributed by atoms with Crippen molar-refractivity contribution < 1.29 is 9.47 Å². The lowest BCUT2D eigenvalue weighted by Gasteiger charge is -2.26. The van der Waals surface area contributed by atoms with E-state index in [9.17, 15) is 4.79 Å². The topological polar surface area (TPSA) is 67.5 Å². The summed E-state index contributed by atoms with van der Waals surface area (Å²) in [5.41, 5.74) is 0.521. The molecule has 0 radical (unpaired) electrons. The quantitative estimate of drug-likeness (QED) is 0.886. The van der Waals surface area contributed by atoms with Crippen LogP contribution in [0.15, 0.2) is 29.3 Å². The Kier molecular flexibility index (Phi) is 3.94. The first kappa shape index (κ1) is 13.1. The van der Waals surface area contributed by atoms with Gasteiger partial charge in [0.05, 0.1) is 30.4 Å². The number of hydrogen-bond acceptors (Lipinski definition) is 5. The minimum absolute atomic E-state index is 0.130. The molecule has 1 aromatic carbocycles. The highest BCUT2D eigenvalue weighted by Gasteiger charge is 2.10. The van der Waals surface area contributed by atoms with E-state index in [-0.39, 0.29) is 5.56 Å². The van der Waals surface area contributed by atoms with E-state index in [1.54, 1.807) is 18.2 Å². The van der Waals surface area contributed by atoms with Crippen molar-refractivity contribution in [3.63, 3.8) is 0 Å². The summed E-state index contributed by atoms with van der Waals surface area (Å²) in [7, 11) is 0. The van der Waals surface area contributed by atoms with Crippen LogP contribution in [0.25, 0.3) is 10.9 Å². The smallest absolute Gasteiger partial charge is 0.258 e. The predicted molar refractivity (Wildman–Crippen MR) is 75.1 cm³/mol. The maximum Gasteiger partial charge on any atom is 0.258 e. The molecule has 2 heterocycles. The number of ether oxygens (including phenoxy) is 2. The molecular weight excluding hydrogens is 258 g/mol. The SMILES string of the molecule is O=c1[nH]cnc2cc(OCCN3CCOCC3)ccc12. The van der Waals surface area contributed by atoms with Crippen LogP contribution in [-0.4, -0.2) is 54.3 Å². The Hall–Kier alpha value is -1.92. The van der Waals surface area contributed by atoms with Crippen LogP contribution in [0, 0.1) is 0 Å². The van der Waals surface area contributed by atoms with Crippen molar-refractivity contribution in [1.29, 1.82) is 0 Å². The minimum atomic E-state index is -0.130. The van der Waals surface area contributed by atoms with Crippen LogP contribution in [0.4, 0.5) is 0 Å². The van der Waals surface area contributed by atoms with E-state index in [0.717, 1.165) is 38.6 Å². The van der Waals surface area contributed by atoms with Gasteiger partial charge in [0, 0.05) is 25.7 Å². The average molecular weight is 275 g/mol. The number of benzene rings is 1. The number of nitrogens with one attached hydrogen (secondary N) is 1. The number of aromatic amines is 1. The van der Waals surface area contributed by atoms with Crippen molar-refractivity contribution in [1.82, 2.24) is 14.9 Å². The number of morpholine rings is 1. The molecule has 1 aliphatic heterocycles. The number of rotatable bonds is 4. The predicted octanol–water partition coefficient (Wildman–Crippen LogP) is 0.634. The van der Waals surface area contributed by atoms with Gasteiger partial charge in [-0.05, 0) is 12.1 Å². The van der Waals surface area contributed by atoms with E-state index in [1.165, 1.54) is 6.33 Å². The zero-order chi connectivity index (χ0) is 13.8. The fraction of sp³-hybridized carbons (Fsp3) is 0.429. The molecule has 2 aromatic rings. The molecule has 106 valence electrons. The van der Waals surface area contributed by atoms with Crippen LogP contribution in [0.5, 0.6) is 5.75 Å². The lowest BCUT2D eigenvalue weighted by molar-refractivity contribution is 0.0322. The Morgan fingerprint density at radius 2 is 2.20 bits per heavy atom. The zero-order valence-electron chi connectivity index (χ0n) is 11.2. The van der Waals surface area contributed by atoms with Crippen LogP contribution in [0.2, 0.25) is 0 Å². The lowest BCUT2D eigenvalue weighted by atomic mass is 10.2. The van der Waals surface area contributed by atoms with Crippen molar-refractivity contribution >= 4 is 10.9 Å². The van der Waals surface area contributed by atoms with E-state index in [2.05, 4.69) is 14.9 Å². The molecule has 1 aromatic heterocycles. The molecule has 0 atom stereocenters. The summed E-state index contributed by atoms with van der Waals surface area (Å²) in [6.45, 7) is 5.00. The zero-order valence-corrected chi connectivity index (χ0v) is 11.2. The van der Waals surface area contributed by atoms with E-state index in [0.29, 0.717) is 17.5 Å². The van der Waals surface area contributed by atoms with Crippen molar-refractivity contribution in [2.45, 2.75) is 0 Å². The Labute approximate surface area is 116 Å². The molecule has 20 heavy (non-hydrogen) atoms. The molecule has 0 aliphatic carbocycles. The molecule has 3 rings (SSSR count). The number of hydrogen-bond donors (Lipinski definition) is 1. The number of aromatic nitrogens is 2. The molecule has 1 aliphatic rings. The Morgan fingerprint density at radius 1 is 1.35 bits per heavy atom. The summed E-state index contributed by atoms with van der Waals surface area (Å²) in [4.78, 5) is 20.6. The van der Waals surface area contributed by atoms with Crippen molar-refractivity contribution in [3.05, 3.63) is 34.9 Å². The molecule has 0 bridgehead atoms. The van der Waals surface area contributed by atoms with E-state index in [4.69, 9.17) is 9.47 Å². The summed E-state index contributed by atoms with van der Waals surface area (Å²) >= 11 is 0. The summed E-state index contributed by atoms with van der Waals surface area (Å²) in [6.07, 6.45) is 1.40. The fourth-order valence-electron chi connectivity index (χ4n) is 2.26. The highest BCUT2D eigenvalue weighted by Crippen LogP contribution is 2.16. The van der Waals surface area contributed by atoms with Gasteiger partial charge in [-0.25, -0.2) is 4.98 Å². The van der Waals surface area contributed by atoms with Gasteiger partial charge in [-0.2, -0.15) is 0 Å². The van der Waals surface area contributed by atoms with Crippen molar-refractivity contribution in [2.24, 2.45) is 0 Å². The van der Waals surface area contributed by atoms with Gasteiger partial charge in [0.2, 0.25) is 0 Å². The highest BCUT2D eigenvalue weighted by atomic mass is 16.5. The summed E-state index contributed by atoms with van der Waals surface area (Å²) in [5.74, 6) is 0.740. The first-order valence-corrected chi connectivity index (χ1v) is 6.73. The molecule has 0 unspecified atom stereocenters. The van der Waals surface area contributed by atoms with E-state index >= 15 is 0 Å². The molecule has 1 saturated heterocycles. The molecule has 0 saturated carbocycles. The number of nitrogens with zero attached hydrogens (tertiary/aromatic N) is 2. The van der Waals surface area contributed by atoms with Gasteiger partial charge in [0.15, 0.2) is 0 Å². The summed E-state index contributed by atoms with van der Waals surface area (Å²) in [5, 5.41) is 0.577. The summed E-state index contributed by atoms with van der Waals surface area (Å²) < 4.78 is 11.0. The Balaban J connectivity index is 1.61. The second-order valence-electron chi connectivity index (χ2n) is 4.71. The monoisotopic (exact) mass is 275 g/mol. The van der Waals surface area contributed by atoms with Gasteiger partial charge < -0.3 is 14.5 Å². The van der Waals surface area contributed by atoms with E-state index in [1.807, 2.05) is 0 Å². The molecule has 0 spiro atoms. The van der Waals surface area contributed by atoms with E-state index < -0.39 is 0 Å². The standard InChI is InChI=1S/C14H17N3O3/c18-14-12-2-1-11(9-13(12)15-10-16-14)20-8-5-17-3-6-19-7-4-17/h1-2,9-10H,3-8H2,(H,15,16,18). The third kappa shape index (κ3) is 2.97. The number of H-pyrrole nitrogens is 1. The van der Waals surface area contributed by atoms with Crippen LogP contribution in [0.3, 0.4) is 0 Å². The maximum atomic E-state index is 11.6. The lowest BCUT2D eigenvalue weighted by Crippen LogP contribution is -2.38. The van der Waals surface area contributed by atoms with Gasteiger partial charge in [0.1, 0.15) is 12.4 Å². The third-order valence-electron chi connectivity index (χ3n) is 3.39. The van der Waals surface area contributed by atoms with Crippen LogP contribution < -0.4 is 10.3 Å². The molecule has 6 heteroatoms. The van der Waals surface area contributed by atoms with Gasteiger partial charge in [-0.15, -0.1) is 0 Å². The second kappa shape index (κ2) is 6.02. The van der Waals surface area contributed by atoms with Crippen molar-refractivity contribution in [2.75, 3.05) is 39.5 Å². The van der Waals surface area contributed by atoms with Crippen LogP contribution in [0.1, 0.15) is 0 Å². The van der Waals surface area contributed by atoms with Crippen LogP contribution in [-0.2, 0) is 4.74 Å². The van der Waals surface area contributed by atoms with Crippen LogP contribution >= 0.6 is 0 Å². The van der Waals surface area contributed by atoms with Gasteiger partial charge in [-0.1, -0.05) is 0 Å². The molecular formula is C14H17N3O3. The normalized spacial score (nSPS) is 16.4. The molecule has 1 fully saturated rings. The fourth-order valence-corrected chi connectivity index (χ4v) is 2.26. The van der Waals surface area contributed by atoms with Gasteiger partial charge in [0.25, 0.3) is 5.56 Å². The minimum Gasteiger partial charge on any atom is -0.492 e. The first-order chi connectivity index (χ1) is 9.83. The second-order valence-corrected chi connectivity index (χ2v) is 4.71. The maximum absolute atomic E-state index is 11.6. The van der Waals surface area contributed by atoms with Crippen molar-refractivity contribution in [3.8, 4) is 5.75 Å². The Morgan fingerprint density at radius 3 is 3.05 bits per heavy atom. The van der Waals surface area contributed by atoms with Gasteiger partial charge in [-0.3, -0.25) is 9.69 Å². The highest BCUT2D eigenvalue weighted by molar-refractivity contribution is 5.78. The third-order valence-corrected chi connectivity index (χ3v) is 3.39. The molecule has 0 amide bonds.